The van der Waals surface area contributed by atoms with E-state index in [1.54, 1.807) is 11.3 Å². The number of nitrogens with one attached hydrogen (secondary N) is 1. The minimum Gasteiger partial charge on any atom is -0.339 e. The van der Waals surface area contributed by atoms with Gasteiger partial charge in [-0.3, -0.25) is 19.4 Å². The van der Waals surface area contributed by atoms with Gasteiger partial charge < -0.3 is 10.2 Å². The maximum absolute atomic E-state index is 12.9. The lowest BCUT2D eigenvalue weighted by Crippen LogP contribution is -2.52. The molecule has 1 N–H and O–H groups in total. The standard InChI is InChI=1S/C23H30N4O2S/c1-18-6-8-19(9-7-18)24-22(28)16-25-11-13-26(14-12-25)23(29)17-27-10-2-4-20(27)21-5-3-15-30-21/h3,5-9,15,20H,2,4,10-14,16-17H2,1H3,(H,24,28)/t20-/m1/s1. The molecule has 4 rings (SSSR count). The predicted octanol–water partition coefficient (Wildman–Crippen LogP) is 2.98. The summed E-state index contributed by atoms with van der Waals surface area (Å²) < 4.78 is 0. The van der Waals surface area contributed by atoms with Crippen LogP contribution in [0, 0.1) is 6.92 Å². The van der Waals surface area contributed by atoms with Crippen LogP contribution in [0.1, 0.15) is 29.3 Å². The number of carbonyl (C=O) groups is 2. The number of hydrogen-bond donors (Lipinski definition) is 1. The van der Waals surface area contributed by atoms with Crippen molar-refractivity contribution in [3.05, 3.63) is 52.2 Å². The second kappa shape index (κ2) is 9.73. The first kappa shape index (κ1) is 21.0. The zero-order valence-electron chi connectivity index (χ0n) is 17.5. The van der Waals surface area contributed by atoms with Crippen molar-refractivity contribution in [1.82, 2.24) is 14.7 Å². The molecule has 0 spiro atoms. The number of hydrogen-bond acceptors (Lipinski definition) is 5. The number of rotatable bonds is 6. The average Bonchev–Trinajstić information content (AvgIpc) is 3.42. The van der Waals surface area contributed by atoms with Crippen molar-refractivity contribution in [2.45, 2.75) is 25.8 Å². The summed E-state index contributed by atoms with van der Waals surface area (Å²) in [6.45, 7) is 6.73. The van der Waals surface area contributed by atoms with Gasteiger partial charge in [0.15, 0.2) is 0 Å². The Morgan fingerprint density at radius 2 is 1.80 bits per heavy atom. The minimum atomic E-state index is -0.00511. The first-order chi connectivity index (χ1) is 14.6. The van der Waals surface area contributed by atoms with Crippen molar-refractivity contribution >= 4 is 28.8 Å². The molecule has 160 valence electrons. The van der Waals surface area contributed by atoms with Gasteiger partial charge in [0.1, 0.15) is 0 Å². The molecule has 6 nitrogen and oxygen atoms in total. The van der Waals surface area contributed by atoms with Crippen molar-refractivity contribution in [2.24, 2.45) is 0 Å². The number of anilines is 1. The molecule has 2 amide bonds. The Bertz CT molecular complexity index is 845. The summed E-state index contributed by atoms with van der Waals surface area (Å²) in [5.74, 6) is 0.205. The molecular formula is C23H30N4O2S. The maximum Gasteiger partial charge on any atom is 0.238 e. The van der Waals surface area contributed by atoms with E-state index in [1.807, 2.05) is 36.1 Å². The number of thiophene rings is 1. The molecule has 7 heteroatoms. The van der Waals surface area contributed by atoms with Crippen LogP contribution in [0.2, 0.25) is 0 Å². The summed E-state index contributed by atoms with van der Waals surface area (Å²) in [4.78, 5) is 33.0. The monoisotopic (exact) mass is 426 g/mol. The van der Waals surface area contributed by atoms with Crippen LogP contribution in [0.4, 0.5) is 5.69 Å². The van der Waals surface area contributed by atoms with E-state index < -0.39 is 0 Å². The zero-order valence-corrected chi connectivity index (χ0v) is 18.4. The Kier molecular flexibility index (Phi) is 6.82. The van der Waals surface area contributed by atoms with E-state index in [2.05, 4.69) is 32.6 Å². The van der Waals surface area contributed by atoms with Gasteiger partial charge in [-0.15, -0.1) is 11.3 Å². The maximum atomic E-state index is 12.9. The fraction of sp³-hybridized carbons (Fsp3) is 0.478. The highest BCUT2D eigenvalue weighted by Crippen LogP contribution is 2.34. The Labute approximate surface area is 182 Å². The van der Waals surface area contributed by atoms with Crippen molar-refractivity contribution in [3.8, 4) is 0 Å². The molecule has 2 aliphatic heterocycles. The molecule has 0 unspecified atom stereocenters. The van der Waals surface area contributed by atoms with E-state index in [0.717, 1.165) is 38.2 Å². The van der Waals surface area contributed by atoms with Crippen LogP contribution in [0.3, 0.4) is 0 Å². The van der Waals surface area contributed by atoms with Crippen LogP contribution in [-0.2, 0) is 9.59 Å². The molecule has 0 radical (unpaired) electrons. The van der Waals surface area contributed by atoms with Crippen LogP contribution in [0.5, 0.6) is 0 Å². The first-order valence-electron chi connectivity index (χ1n) is 10.7. The lowest BCUT2D eigenvalue weighted by Gasteiger charge is -2.35. The molecular weight excluding hydrogens is 396 g/mol. The third-order valence-corrected chi connectivity index (χ3v) is 6.97. The number of nitrogens with zero attached hydrogens (tertiary/aromatic N) is 3. The third kappa shape index (κ3) is 5.28. The summed E-state index contributed by atoms with van der Waals surface area (Å²) >= 11 is 1.78. The van der Waals surface area contributed by atoms with Crippen molar-refractivity contribution < 1.29 is 9.59 Å². The molecule has 0 aliphatic carbocycles. The number of amides is 2. The van der Waals surface area contributed by atoms with Crippen LogP contribution >= 0.6 is 11.3 Å². The molecule has 3 heterocycles. The highest BCUT2D eigenvalue weighted by atomic mass is 32.1. The Morgan fingerprint density at radius 3 is 2.50 bits per heavy atom. The Hall–Kier alpha value is -2.22. The second-order valence-corrected chi connectivity index (χ2v) is 9.19. The predicted molar refractivity (Wildman–Crippen MR) is 121 cm³/mol. The second-order valence-electron chi connectivity index (χ2n) is 8.22. The first-order valence-corrected chi connectivity index (χ1v) is 11.6. The van der Waals surface area contributed by atoms with Gasteiger partial charge in [-0.2, -0.15) is 0 Å². The van der Waals surface area contributed by atoms with Gasteiger partial charge in [0.25, 0.3) is 0 Å². The summed E-state index contributed by atoms with van der Waals surface area (Å²) in [6, 6.07) is 12.5. The Morgan fingerprint density at radius 1 is 1.03 bits per heavy atom. The lowest BCUT2D eigenvalue weighted by atomic mass is 10.2. The SMILES string of the molecule is Cc1ccc(NC(=O)CN2CCN(C(=O)CN3CCC[C@@H]3c3cccs3)CC2)cc1. The van der Waals surface area contributed by atoms with Crippen molar-refractivity contribution in [3.63, 3.8) is 0 Å². The summed E-state index contributed by atoms with van der Waals surface area (Å²) in [5, 5.41) is 5.06. The normalized spacial score (nSPS) is 20.4. The van der Waals surface area contributed by atoms with Crippen LogP contribution < -0.4 is 5.32 Å². The van der Waals surface area contributed by atoms with Gasteiger partial charge in [-0.25, -0.2) is 0 Å². The van der Waals surface area contributed by atoms with Gasteiger partial charge in [0.05, 0.1) is 13.1 Å². The van der Waals surface area contributed by atoms with Gasteiger partial charge in [-0.05, 0) is 49.9 Å². The van der Waals surface area contributed by atoms with Crippen molar-refractivity contribution in [1.29, 1.82) is 0 Å². The van der Waals surface area contributed by atoms with E-state index in [4.69, 9.17) is 0 Å². The fourth-order valence-electron chi connectivity index (χ4n) is 4.29. The van der Waals surface area contributed by atoms with Gasteiger partial charge in [0, 0.05) is 42.8 Å². The number of piperazine rings is 1. The largest absolute Gasteiger partial charge is 0.339 e. The molecule has 2 saturated heterocycles. The van der Waals surface area contributed by atoms with Gasteiger partial charge in [-0.1, -0.05) is 23.8 Å². The van der Waals surface area contributed by atoms with Crippen molar-refractivity contribution in [2.75, 3.05) is 51.1 Å². The van der Waals surface area contributed by atoms with Crippen LogP contribution in [0.25, 0.3) is 0 Å². The topological polar surface area (TPSA) is 55.9 Å². The molecule has 1 atom stereocenters. The van der Waals surface area contributed by atoms with E-state index in [0.29, 0.717) is 32.2 Å². The minimum absolute atomic E-state index is 0.00511. The van der Waals surface area contributed by atoms with E-state index in [-0.39, 0.29) is 11.8 Å². The number of carbonyl (C=O) groups excluding carboxylic acids is 2. The number of likely N-dealkylation sites (tertiary alicyclic amines) is 1. The highest BCUT2D eigenvalue weighted by molar-refractivity contribution is 7.10. The molecule has 0 saturated carbocycles. The smallest absolute Gasteiger partial charge is 0.238 e. The van der Waals surface area contributed by atoms with E-state index in [9.17, 15) is 9.59 Å². The lowest BCUT2D eigenvalue weighted by molar-refractivity contribution is -0.134. The summed E-state index contributed by atoms with van der Waals surface area (Å²) in [7, 11) is 0. The third-order valence-electron chi connectivity index (χ3n) is 6.00. The summed E-state index contributed by atoms with van der Waals surface area (Å²) in [6.07, 6.45) is 2.29. The molecule has 1 aromatic heterocycles. The molecule has 2 aromatic rings. The number of benzene rings is 1. The number of aryl methyl sites for hydroxylation is 1. The van der Waals surface area contributed by atoms with Gasteiger partial charge in [0.2, 0.25) is 11.8 Å². The van der Waals surface area contributed by atoms with Crippen LogP contribution in [-0.4, -0.2) is 72.3 Å². The Balaban J connectivity index is 1.21. The molecule has 2 aliphatic rings. The molecule has 2 fully saturated rings. The fourth-order valence-corrected chi connectivity index (χ4v) is 5.18. The zero-order chi connectivity index (χ0) is 20.9. The average molecular weight is 427 g/mol. The highest BCUT2D eigenvalue weighted by Gasteiger charge is 2.30. The van der Waals surface area contributed by atoms with E-state index >= 15 is 0 Å². The molecule has 1 aromatic carbocycles. The molecule has 30 heavy (non-hydrogen) atoms. The quantitative estimate of drug-likeness (QED) is 0.772. The van der Waals surface area contributed by atoms with Crippen LogP contribution in [0.15, 0.2) is 41.8 Å². The van der Waals surface area contributed by atoms with Gasteiger partial charge >= 0.3 is 0 Å². The molecule has 0 bridgehead atoms. The summed E-state index contributed by atoms with van der Waals surface area (Å²) in [5.41, 5.74) is 2.00. The van der Waals surface area contributed by atoms with E-state index in [1.165, 1.54) is 10.4 Å².